The highest BCUT2D eigenvalue weighted by Crippen LogP contribution is 2.39. The Kier molecular flexibility index (Phi) is 5.41. The van der Waals surface area contributed by atoms with Crippen LogP contribution in [-0.4, -0.2) is 31.4 Å². The van der Waals surface area contributed by atoms with Crippen LogP contribution in [0.4, 0.5) is 13.2 Å². The summed E-state index contributed by atoms with van der Waals surface area (Å²) in [5, 5.41) is -1.15. The zero-order valence-electron chi connectivity index (χ0n) is 12.9. The van der Waals surface area contributed by atoms with Crippen LogP contribution in [0.25, 0.3) is 5.53 Å². The van der Waals surface area contributed by atoms with Gasteiger partial charge in [0.25, 0.3) is 9.84 Å². The van der Waals surface area contributed by atoms with Gasteiger partial charge in [-0.05, 0) is 25.0 Å². The SMILES string of the molecule is [N-]=[N+]=C(C1([SH](=O)=O)CCCCC1)S(=O)(=O)c1ccccc1C(F)(F)F. The third kappa shape index (κ3) is 3.49. The molecule has 0 N–H and O–H groups in total. The molecule has 0 aliphatic heterocycles. The number of halogens is 3. The van der Waals surface area contributed by atoms with Crippen LogP contribution >= 0.6 is 0 Å². The second-order valence-electron chi connectivity index (χ2n) is 5.75. The van der Waals surface area contributed by atoms with Crippen LogP contribution in [0, 0.1) is 0 Å². The van der Waals surface area contributed by atoms with Crippen LogP contribution in [0.3, 0.4) is 0 Å². The van der Waals surface area contributed by atoms with Gasteiger partial charge in [0.1, 0.15) is 0 Å². The van der Waals surface area contributed by atoms with Crippen molar-refractivity contribution in [2.24, 2.45) is 0 Å². The van der Waals surface area contributed by atoms with Gasteiger partial charge < -0.3 is 5.53 Å². The van der Waals surface area contributed by atoms with E-state index in [0.717, 1.165) is 18.2 Å². The van der Waals surface area contributed by atoms with Crippen molar-refractivity contribution in [3.05, 3.63) is 35.4 Å². The van der Waals surface area contributed by atoms with Gasteiger partial charge in [-0.3, -0.25) is 0 Å². The molecule has 0 amide bonds. The average molecular weight is 396 g/mol. The lowest BCUT2D eigenvalue weighted by Crippen LogP contribution is -2.47. The fourth-order valence-electron chi connectivity index (χ4n) is 3.05. The van der Waals surface area contributed by atoms with Crippen LogP contribution in [0.2, 0.25) is 0 Å². The van der Waals surface area contributed by atoms with E-state index >= 15 is 0 Å². The molecule has 6 nitrogen and oxygen atoms in total. The first kappa shape index (κ1) is 19.6. The fourth-order valence-corrected chi connectivity index (χ4v) is 6.27. The van der Waals surface area contributed by atoms with Crippen molar-refractivity contribution < 1.29 is 34.8 Å². The number of thiol groups is 1. The van der Waals surface area contributed by atoms with Gasteiger partial charge in [-0.1, -0.05) is 31.4 Å². The molecule has 2 rings (SSSR count). The number of alkyl halides is 3. The van der Waals surface area contributed by atoms with Gasteiger partial charge in [-0.25, -0.2) is 16.8 Å². The van der Waals surface area contributed by atoms with Crippen LogP contribution in [-0.2, 0) is 26.7 Å². The van der Waals surface area contributed by atoms with E-state index in [1.54, 1.807) is 0 Å². The Bertz CT molecular complexity index is 887. The highest BCUT2D eigenvalue weighted by Gasteiger charge is 2.55. The molecule has 0 spiro atoms. The highest BCUT2D eigenvalue weighted by atomic mass is 32.2. The number of benzene rings is 1. The monoisotopic (exact) mass is 396 g/mol. The Morgan fingerprint density at radius 1 is 1.12 bits per heavy atom. The first-order valence-electron chi connectivity index (χ1n) is 7.36. The Labute approximate surface area is 144 Å². The van der Waals surface area contributed by atoms with Crippen LogP contribution in [0.1, 0.15) is 37.7 Å². The summed E-state index contributed by atoms with van der Waals surface area (Å²) in [7, 11) is -8.36. The van der Waals surface area contributed by atoms with Gasteiger partial charge in [0.05, 0.1) is 10.5 Å². The van der Waals surface area contributed by atoms with E-state index in [-0.39, 0.29) is 12.8 Å². The summed E-state index contributed by atoms with van der Waals surface area (Å²) in [6.07, 6.45) is -3.85. The van der Waals surface area contributed by atoms with Crippen molar-refractivity contribution in [1.82, 2.24) is 0 Å². The molecular weight excluding hydrogens is 381 g/mol. The normalized spacial score (nSPS) is 17.9. The number of nitrogens with zero attached hydrogens (tertiary/aromatic N) is 2. The van der Waals surface area contributed by atoms with E-state index < -0.39 is 47.0 Å². The summed E-state index contributed by atoms with van der Waals surface area (Å²) < 4.78 is 86.6. The molecule has 0 unspecified atom stereocenters. The molecule has 1 saturated carbocycles. The highest BCUT2D eigenvalue weighted by molar-refractivity contribution is 8.07. The number of sulfone groups is 1. The Hall–Kier alpha value is -1.71. The van der Waals surface area contributed by atoms with Gasteiger partial charge in [0.2, 0.25) is 0 Å². The molecular formula is C14H15F3N2O4S2. The predicted molar refractivity (Wildman–Crippen MR) is 83.4 cm³/mol. The molecule has 1 aliphatic carbocycles. The standard InChI is InChI=1S/C14H15F3N2O4S2/c15-14(16,17)10-6-2-3-7-11(10)25(22,23)12(19-18)13(24(20)21)8-4-1-5-9-13/h2-3,6-7,24H,1,4-5,8-9H2. The topological polar surface area (TPSA) is 105 Å². The van der Waals surface area contributed by atoms with Gasteiger partial charge in [-0.2, -0.15) is 18.0 Å². The summed E-state index contributed by atoms with van der Waals surface area (Å²) >= 11 is 0. The summed E-state index contributed by atoms with van der Waals surface area (Å²) in [4.78, 5) is 1.53. The van der Waals surface area contributed by atoms with Crippen LogP contribution < -0.4 is 0 Å². The Balaban J connectivity index is 2.72. The van der Waals surface area contributed by atoms with Gasteiger partial charge in [-0.15, -0.1) is 0 Å². The van der Waals surface area contributed by atoms with Crippen molar-refractivity contribution >= 4 is 25.6 Å². The molecule has 1 fully saturated rings. The predicted octanol–water partition coefficient (Wildman–Crippen LogP) is 2.42. The van der Waals surface area contributed by atoms with E-state index in [0.29, 0.717) is 25.3 Å². The quantitative estimate of drug-likeness (QED) is 0.278. The zero-order chi connectivity index (χ0) is 18.9. The van der Waals surface area contributed by atoms with Gasteiger partial charge in [0.15, 0.2) is 15.5 Å². The molecule has 138 valence electrons. The molecule has 1 aromatic rings. The minimum atomic E-state index is -4.97. The molecule has 0 saturated heterocycles. The summed E-state index contributed by atoms with van der Waals surface area (Å²) in [6.45, 7) is 0. The van der Waals surface area contributed by atoms with Crippen molar-refractivity contribution in [3.63, 3.8) is 0 Å². The number of hydrogen-bond acceptors (Lipinski definition) is 4. The minimum Gasteiger partial charge on any atom is -0.360 e. The van der Waals surface area contributed by atoms with E-state index in [1.807, 2.05) is 0 Å². The summed E-state index contributed by atoms with van der Waals surface area (Å²) in [6, 6.07) is 3.40. The summed E-state index contributed by atoms with van der Waals surface area (Å²) in [5.41, 5.74) is 7.80. The smallest absolute Gasteiger partial charge is 0.360 e. The van der Waals surface area contributed by atoms with Gasteiger partial charge >= 0.3 is 11.2 Å². The van der Waals surface area contributed by atoms with Crippen molar-refractivity contribution in [3.8, 4) is 0 Å². The number of hydrogen-bond donors (Lipinski definition) is 1. The molecule has 11 heteroatoms. The lowest BCUT2D eigenvalue weighted by Gasteiger charge is -2.27. The van der Waals surface area contributed by atoms with Crippen LogP contribution in [0.5, 0.6) is 0 Å². The molecule has 1 aliphatic rings. The molecule has 0 aromatic heterocycles. The lowest BCUT2D eigenvalue weighted by atomic mass is 9.89. The first-order chi connectivity index (χ1) is 11.6. The van der Waals surface area contributed by atoms with Crippen molar-refractivity contribution in [2.45, 2.75) is 47.9 Å². The molecule has 0 atom stereocenters. The lowest BCUT2D eigenvalue weighted by molar-refractivity contribution is -0.139. The van der Waals surface area contributed by atoms with E-state index in [1.165, 1.54) is 0 Å². The Morgan fingerprint density at radius 2 is 1.68 bits per heavy atom. The third-order valence-electron chi connectivity index (χ3n) is 4.26. The Morgan fingerprint density at radius 3 is 2.16 bits per heavy atom. The fraction of sp³-hybridized carbons (Fsp3) is 0.500. The molecule has 0 radical (unpaired) electrons. The van der Waals surface area contributed by atoms with E-state index in [9.17, 15) is 35.5 Å². The number of rotatable bonds is 3. The van der Waals surface area contributed by atoms with E-state index in [4.69, 9.17) is 0 Å². The second kappa shape index (κ2) is 6.89. The van der Waals surface area contributed by atoms with E-state index in [2.05, 4.69) is 4.79 Å². The maximum Gasteiger partial charge on any atom is 0.417 e. The maximum atomic E-state index is 13.2. The van der Waals surface area contributed by atoms with Gasteiger partial charge in [0, 0.05) is 0 Å². The van der Waals surface area contributed by atoms with Crippen LogP contribution in [0.15, 0.2) is 29.2 Å². The maximum absolute atomic E-state index is 13.2. The minimum absolute atomic E-state index is 0.126. The third-order valence-corrected chi connectivity index (χ3v) is 7.68. The van der Waals surface area contributed by atoms with Crippen molar-refractivity contribution in [1.29, 1.82) is 0 Å². The largest absolute Gasteiger partial charge is 0.417 e. The zero-order valence-corrected chi connectivity index (χ0v) is 14.6. The second-order valence-corrected chi connectivity index (χ2v) is 8.96. The average Bonchev–Trinajstić information content (AvgIpc) is 2.55. The van der Waals surface area contributed by atoms with Crippen molar-refractivity contribution in [2.75, 3.05) is 0 Å². The molecule has 1 aromatic carbocycles. The molecule has 25 heavy (non-hydrogen) atoms. The molecule has 0 heterocycles. The first-order valence-corrected chi connectivity index (χ1v) is 10.0. The molecule has 0 bridgehead atoms. The summed E-state index contributed by atoms with van der Waals surface area (Å²) in [5.74, 6) is 0.